The molecule has 2 aliphatic heterocycles. The number of amides is 2. The third-order valence-corrected chi connectivity index (χ3v) is 7.74. The number of nitrogens with two attached hydrogens (primary N) is 1. The molecule has 2 amide bonds. The van der Waals surface area contributed by atoms with E-state index in [0.717, 1.165) is 38.8 Å². The Morgan fingerprint density at radius 2 is 1.74 bits per heavy atom. The van der Waals surface area contributed by atoms with Crippen molar-refractivity contribution in [1.29, 1.82) is 5.41 Å². The lowest BCUT2D eigenvalue weighted by Gasteiger charge is -2.32. The van der Waals surface area contributed by atoms with E-state index in [4.69, 9.17) is 11.1 Å². The van der Waals surface area contributed by atoms with E-state index in [2.05, 4.69) is 17.4 Å². The summed E-state index contributed by atoms with van der Waals surface area (Å²) < 4.78 is 0. The predicted molar refractivity (Wildman–Crippen MR) is 145 cm³/mol. The molecular formula is C29H37N5O4. The van der Waals surface area contributed by atoms with E-state index in [1.54, 1.807) is 4.90 Å². The Bertz CT molecular complexity index is 1130. The number of carbonyl (C=O) groups excluding carboxylic acids is 2. The van der Waals surface area contributed by atoms with Crippen LogP contribution in [0.3, 0.4) is 0 Å². The number of carboxylic acid groups (broad SMARTS) is 1. The summed E-state index contributed by atoms with van der Waals surface area (Å²) in [5.41, 5.74) is 8.51. The van der Waals surface area contributed by atoms with Gasteiger partial charge in [0.2, 0.25) is 5.91 Å². The van der Waals surface area contributed by atoms with E-state index >= 15 is 0 Å². The first-order valence-electron chi connectivity index (χ1n) is 13.3. The van der Waals surface area contributed by atoms with E-state index in [-0.39, 0.29) is 36.8 Å². The highest BCUT2D eigenvalue weighted by Crippen LogP contribution is 2.29. The molecule has 4 rings (SSSR count). The van der Waals surface area contributed by atoms with Gasteiger partial charge >= 0.3 is 5.97 Å². The SMILES string of the molecule is N=C(N)N1CCC(c2ccc(C(=O)NC[C@@H]3C[C@@H](CC(=O)O)C(=O)N3CCCc3ccccc3)cc2)CC1. The molecule has 5 N–H and O–H groups in total. The van der Waals surface area contributed by atoms with E-state index in [1.807, 2.05) is 47.4 Å². The van der Waals surface area contributed by atoms with Gasteiger partial charge in [-0.2, -0.15) is 0 Å². The average Bonchev–Trinajstić information content (AvgIpc) is 3.21. The average molecular weight is 520 g/mol. The van der Waals surface area contributed by atoms with Crippen molar-refractivity contribution in [3.05, 3.63) is 71.3 Å². The van der Waals surface area contributed by atoms with Crippen LogP contribution in [0.4, 0.5) is 0 Å². The van der Waals surface area contributed by atoms with E-state index < -0.39 is 11.9 Å². The van der Waals surface area contributed by atoms with Crippen molar-refractivity contribution < 1.29 is 19.5 Å². The Morgan fingerprint density at radius 1 is 1.05 bits per heavy atom. The number of nitrogens with zero attached hydrogens (tertiary/aromatic N) is 2. The van der Waals surface area contributed by atoms with Gasteiger partial charge < -0.3 is 26.0 Å². The van der Waals surface area contributed by atoms with E-state index in [1.165, 1.54) is 11.1 Å². The molecule has 0 radical (unpaired) electrons. The molecule has 0 bridgehead atoms. The van der Waals surface area contributed by atoms with Crippen LogP contribution in [-0.2, 0) is 16.0 Å². The summed E-state index contributed by atoms with van der Waals surface area (Å²) >= 11 is 0. The highest BCUT2D eigenvalue weighted by atomic mass is 16.4. The zero-order valence-corrected chi connectivity index (χ0v) is 21.6. The third kappa shape index (κ3) is 6.90. The quantitative estimate of drug-likeness (QED) is 0.281. The van der Waals surface area contributed by atoms with Gasteiger partial charge in [-0.05, 0) is 61.3 Å². The fourth-order valence-electron chi connectivity index (χ4n) is 5.61. The minimum Gasteiger partial charge on any atom is -0.481 e. The normalized spacial score (nSPS) is 19.9. The number of carbonyl (C=O) groups is 3. The van der Waals surface area contributed by atoms with Crippen LogP contribution in [0.15, 0.2) is 54.6 Å². The summed E-state index contributed by atoms with van der Waals surface area (Å²) in [6, 6.07) is 17.4. The van der Waals surface area contributed by atoms with Crippen LogP contribution in [0.25, 0.3) is 0 Å². The van der Waals surface area contributed by atoms with Crippen molar-refractivity contribution in [1.82, 2.24) is 15.1 Å². The molecule has 202 valence electrons. The van der Waals surface area contributed by atoms with Gasteiger partial charge in [-0.25, -0.2) is 0 Å². The van der Waals surface area contributed by atoms with Crippen LogP contribution in [0.1, 0.15) is 59.5 Å². The lowest BCUT2D eigenvalue weighted by molar-refractivity contribution is -0.142. The number of likely N-dealkylation sites (tertiary alicyclic amines) is 2. The van der Waals surface area contributed by atoms with Crippen LogP contribution in [0, 0.1) is 11.3 Å². The number of piperidine rings is 1. The first-order chi connectivity index (χ1) is 18.3. The van der Waals surface area contributed by atoms with Crippen molar-refractivity contribution >= 4 is 23.7 Å². The largest absolute Gasteiger partial charge is 0.481 e. The molecule has 0 saturated carbocycles. The molecule has 2 aromatic carbocycles. The fourth-order valence-corrected chi connectivity index (χ4v) is 5.61. The smallest absolute Gasteiger partial charge is 0.304 e. The predicted octanol–water partition coefficient (Wildman–Crippen LogP) is 2.81. The molecule has 0 aromatic heterocycles. The van der Waals surface area contributed by atoms with E-state index in [0.29, 0.717) is 24.4 Å². The molecule has 9 nitrogen and oxygen atoms in total. The van der Waals surface area contributed by atoms with Gasteiger partial charge in [0.1, 0.15) is 0 Å². The van der Waals surface area contributed by atoms with Crippen molar-refractivity contribution in [3.63, 3.8) is 0 Å². The number of hydrogen-bond donors (Lipinski definition) is 4. The van der Waals surface area contributed by atoms with Crippen molar-refractivity contribution in [2.75, 3.05) is 26.2 Å². The maximum atomic E-state index is 13.0. The fraction of sp³-hybridized carbons (Fsp3) is 0.448. The maximum Gasteiger partial charge on any atom is 0.304 e. The summed E-state index contributed by atoms with van der Waals surface area (Å²) in [7, 11) is 0. The molecule has 0 unspecified atom stereocenters. The number of aryl methyl sites for hydroxylation is 1. The lowest BCUT2D eigenvalue weighted by Crippen LogP contribution is -2.42. The summed E-state index contributed by atoms with van der Waals surface area (Å²) in [6.45, 7) is 2.33. The molecule has 38 heavy (non-hydrogen) atoms. The highest BCUT2D eigenvalue weighted by Gasteiger charge is 2.40. The molecule has 2 heterocycles. The Hall–Kier alpha value is -3.88. The van der Waals surface area contributed by atoms with Gasteiger partial charge in [0.05, 0.1) is 12.3 Å². The minimum atomic E-state index is -0.982. The Balaban J connectivity index is 1.32. The molecular weight excluding hydrogens is 482 g/mol. The lowest BCUT2D eigenvalue weighted by atomic mass is 9.89. The number of carboxylic acids is 1. The Kier molecular flexibility index (Phi) is 8.99. The Morgan fingerprint density at radius 3 is 2.37 bits per heavy atom. The van der Waals surface area contributed by atoms with Crippen LogP contribution < -0.4 is 11.1 Å². The van der Waals surface area contributed by atoms with Gasteiger partial charge in [-0.1, -0.05) is 42.5 Å². The second kappa shape index (κ2) is 12.6. The number of guanidine groups is 1. The second-order valence-corrected chi connectivity index (χ2v) is 10.3. The summed E-state index contributed by atoms with van der Waals surface area (Å²) in [4.78, 5) is 40.8. The number of hydrogen-bond acceptors (Lipinski definition) is 4. The first-order valence-corrected chi connectivity index (χ1v) is 13.3. The number of nitrogens with one attached hydrogen (secondary N) is 2. The second-order valence-electron chi connectivity index (χ2n) is 10.3. The standard InChI is InChI=1S/C29H37N5O4/c30-29(31)33-15-12-22(13-16-33)21-8-10-23(11-9-21)27(37)32-19-25-17-24(18-26(35)36)28(38)34(25)14-4-7-20-5-2-1-3-6-20/h1-3,5-6,8-11,22,24-25H,4,7,12-19H2,(H3,30,31)(H,32,37)(H,35,36)/t24-,25-/m0/s1. The molecule has 2 aromatic rings. The molecule has 9 heteroatoms. The maximum absolute atomic E-state index is 13.0. The number of rotatable bonds is 10. The molecule has 2 fully saturated rings. The first kappa shape index (κ1) is 27.2. The molecule has 2 saturated heterocycles. The van der Waals surface area contributed by atoms with Crippen molar-refractivity contribution in [2.45, 2.75) is 50.5 Å². The highest BCUT2D eigenvalue weighted by molar-refractivity contribution is 5.94. The number of benzene rings is 2. The molecule has 0 aliphatic carbocycles. The van der Waals surface area contributed by atoms with Gasteiger partial charge in [-0.15, -0.1) is 0 Å². The zero-order chi connectivity index (χ0) is 27.1. The topological polar surface area (TPSA) is 140 Å². The van der Waals surface area contributed by atoms with E-state index in [9.17, 15) is 19.5 Å². The number of aliphatic carboxylic acids is 1. The van der Waals surface area contributed by atoms with Crippen LogP contribution in [0.5, 0.6) is 0 Å². The van der Waals surface area contributed by atoms with Crippen molar-refractivity contribution in [2.24, 2.45) is 11.7 Å². The zero-order valence-electron chi connectivity index (χ0n) is 21.6. The van der Waals surface area contributed by atoms with Crippen LogP contribution in [-0.4, -0.2) is 70.9 Å². The van der Waals surface area contributed by atoms with Crippen LogP contribution >= 0.6 is 0 Å². The summed E-state index contributed by atoms with van der Waals surface area (Å²) in [5, 5.41) is 19.8. The van der Waals surface area contributed by atoms with Gasteiger partial charge in [0, 0.05) is 37.8 Å². The molecule has 2 aliphatic rings. The molecule has 0 spiro atoms. The van der Waals surface area contributed by atoms with Crippen LogP contribution in [0.2, 0.25) is 0 Å². The van der Waals surface area contributed by atoms with Gasteiger partial charge in [0.15, 0.2) is 5.96 Å². The minimum absolute atomic E-state index is 0.114. The van der Waals surface area contributed by atoms with Gasteiger partial charge in [-0.3, -0.25) is 19.8 Å². The third-order valence-electron chi connectivity index (χ3n) is 7.74. The van der Waals surface area contributed by atoms with Crippen molar-refractivity contribution in [3.8, 4) is 0 Å². The Labute approximate surface area is 223 Å². The molecule has 2 atom stereocenters. The monoisotopic (exact) mass is 519 g/mol. The summed E-state index contributed by atoms with van der Waals surface area (Å²) in [5.74, 6) is -1.39. The summed E-state index contributed by atoms with van der Waals surface area (Å²) in [6.07, 6.45) is 3.66. The van der Waals surface area contributed by atoms with Gasteiger partial charge in [0.25, 0.3) is 5.91 Å².